The van der Waals surface area contributed by atoms with Crippen LogP contribution in [0, 0.1) is 0 Å². The smallest absolute Gasteiger partial charge is 0.0632 e. The van der Waals surface area contributed by atoms with Crippen molar-refractivity contribution in [3.05, 3.63) is 28.1 Å². The SMILES string of the molecule is Sc1cccc2c(Cl)c(CBr)sc12. The number of thiophene rings is 1. The van der Waals surface area contributed by atoms with E-state index in [2.05, 4.69) is 28.6 Å². The van der Waals surface area contributed by atoms with Gasteiger partial charge < -0.3 is 0 Å². The molecule has 1 aromatic carbocycles. The monoisotopic (exact) mass is 292 g/mol. The van der Waals surface area contributed by atoms with Crippen molar-refractivity contribution in [3.63, 3.8) is 0 Å². The van der Waals surface area contributed by atoms with Crippen LogP contribution in [0.4, 0.5) is 0 Å². The molecule has 0 unspecified atom stereocenters. The van der Waals surface area contributed by atoms with E-state index in [1.165, 1.54) is 4.70 Å². The Kier molecular flexibility index (Phi) is 2.88. The quantitative estimate of drug-likeness (QED) is 0.570. The van der Waals surface area contributed by atoms with Crippen molar-refractivity contribution in [2.75, 3.05) is 0 Å². The van der Waals surface area contributed by atoms with Gasteiger partial charge in [0.2, 0.25) is 0 Å². The van der Waals surface area contributed by atoms with Crippen LogP contribution in [-0.2, 0) is 5.33 Å². The maximum absolute atomic E-state index is 6.18. The van der Waals surface area contributed by atoms with E-state index in [4.69, 9.17) is 11.6 Å². The van der Waals surface area contributed by atoms with Crippen molar-refractivity contribution in [2.24, 2.45) is 0 Å². The third-order valence-electron chi connectivity index (χ3n) is 1.82. The summed E-state index contributed by atoms with van der Waals surface area (Å²) >= 11 is 15.7. The lowest BCUT2D eigenvalue weighted by molar-refractivity contribution is 1.58. The minimum atomic E-state index is 0.804. The van der Waals surface area contributed by atoms with Crippen LogP contribution in [0.1, 0.15) is 4.88 Å². The van der Waals surface area contributed by atoms with Crippen LogP contribution in [0.3, 0.4) is 0 Å². The van der Waals surface area contributed by atoms with E-state index < -0.39 is 0 Å². The molecular weight excluding hydrogens is 288 g/mol. The molecule has 2 rings (SSSR count). The number of fused-ring (bicyclic) bond motifs is 1. The predicted molar refractivity (Wildman–Crippen MR) is 66.7 cm³/mol. The van der Waals surface area contributed by atoms with Gasteiger partial charge in [-0.3, -0.25) is 0 Å². The summed E-state index contributed by atoms with van der Waals surface area (Å²) in [6.07, 6.45) is 0. The van der Waals surface area contributed by atoms with Crippen molar-refractivity contribution in [3.8, 4) is 0 Å². The maximum atomic E-state index is 6.18. The largest absolute Gasteiger partial charge is 0.142 e. The fourth-order valence-corrected chi connectivity index (χ4v) is 3.69. The van der Waals surface area contributed by atoms with E-state index in [1.54, 1.807) is 11.3 Å². The third kappa shape index (κ3) is 1.63. The van der Waals surface area contributed by atoms with Gasteiger partial charge in [0, 0.05) is 25.2 Å². The van der Waals surface area contributed by atoms with E-state index >= 15 is 0 Å². The van der Waals surface area contributed by atoms with Crippen molar-refractivity contribution >= 4 is 61.6 Å². The van der Waals surface area contributed by atoms with Gasteiger partial charge in [-0.2, -0.15) is 0 Å². The highest BCUT2D eigenvalue weighted by atomic mass is 79.9. The van der Waals surface area contributed by atoms with E-state index in [-0.39, 0.29) is 0 Å². The minimum Gasteiger partial charge on any atom is -0.142 e. The average Bonchev–Trinajstić information content (AvgIpc) is 2.45. The molecule has 0 aliphatic rings. The minimum absolute atomic E-state index is 0.804. The molecule has 1 heterocycles. The van der Waals surface area contributed by atoms with Crippen LogP contribution in [0.25, 0.3) is 10.1 Å². The van der Waals surface area contributed by atoms with Crippen LogP contribution in [0.2, 0.25) is 5.02 Å². The Balaban J connectivity index is 2.83. The Morgan fingerprint density at radius 1 is 1.46 bits per heavy atom. The summed E-state index contributed by atoms with van der Waals surface area (Å²) in [5.41, 5.74) is 0. The van der Waals surface area contributed by atoms with Gasteiger partial charge >= 0.3 is 0 Å². The number of hydrogen-bond donors (Lipinski definition) is 1. The predicted octanol–water partition coefficient (Wildman–Crippen LogP) is 4.74. The molecule has 1 aromatic heterocycles. The van der Waals surface area contributed by atoms with E-state index in [0.29, 0.717) is 0 Å². The molecule has 0 N–H and O–H groups in total. The lowest BCUT2D eigenvalue weighted by Crippen LogP contribution is -1.68. The summed E-state index contributed by atoms with van der Waals surface area (Å²) < 4.78 is 1.17. The Morgan fingerprint density at radius 3 is 2.85 bits per heavy atom. The van der Waals surface area contributed by atoms with Crippen LogP contribution in [0.5, 0.6) is 0 Å². The number of rotatable bonds is 1. The molecule has 0 bridgehead atoms. The standard InChI is InChI=1S/C9H6BrClS2/c10-4-7-8(11)5-2-1-3-6(12)9(5)13-7/h1-3,12H,4H2. The molecule has 0 fully saturated rings. The lowest BCUT2D eigenvalue weighted by Gasteiger charge is -1.92. The summed E-state index contributed by atoms with van der Waals surface area (Å²) in [5.74, 6) is 0. The second-order valence-electron chi connectivity index (χ2n) is 2.63. The van der Waals surface area contributed by atoms with Crippen LogP contribution in [0.15, 0.2) is 23.1 Å². The van der Waals surface area contributed by atoms with Crippen LogP contribution >= 0.6 is 51.5 Å². The van der Waals surface area contributed by atoms with Gasteiger partial charge in [-0.15, -0.1) is 24.0 Å². The summed E-state index contributed by atoms with van der Waals surface area (Å²) in [6.45, 7) is 0. The zero-order valence-corrected chi connectivity index (χ0v) is 10.6. The molecule has 68 valence electrons. The topological polar surface area (TPSA) is 0 Å². The summed E-state index contributed by atoms with van der Waals surface area (Å²) in [4.78, 5) is 2.16. The van der Waals surface area contributed by atoms with Gasteiger partial charge in [0.25, 0.3) is 0 Å². The molecule has 4 heteroatoms. The van der Waals surface area contributed by atoms with Gasteiger partial charge in [-0.25, -0.2) is 0 Å². The molecule has 13 heavy (non-hydrogen) atoms. The van der Waals surface area contributed by atoms with Gasteiger partial charge in [-0.05, 0) is 6.07 Å². The summed E-state index contributed by atoms with van der Waals surface area (Å²) in [7, 11) is 0. The summed E-state index contributed by atoms with van der Waals surface area (Å²) in [6, 6.07) is 5.98. The van der Waals surface area contributed by atoms with Gasteiger partial charge in [0.1, 0.15) is 0 Å². The Morgan fingerprint density at radius 2 is 2.23 bits per heavy atom. The highest BCUT2D eigenvalue weighted by Gasteiger charge is 2.10. The summed E-state index contributed by atoms with van der Waals surface area (Å²) in [5, 5.41) is 2.76. The molecule has 0 atom stereocenters. The van der Waals surface area contributed by atoms with E-state index in [9.17, 15) is 0 Å². The first kappa shape index (κ1) is 9.84. The number of thiol groups is 1. The number of benzene rings is 1. The van der Waals surface area contributed by atoms with Crippen molar-refractivity contribution < 1.29 is 0 Å². The Hall–Kier alpha value is 0.300. The normalized spacial score (nSPS) is 11.0. The first-order valence-corrected chi connectivity index (χ1v) is 6.45. The van der Waals surface area contributed by atoms with Crippen LogP contribution in [-0.4, -0.2) is 0 Å². The van der Waals surface area contributed by atoms with Gasteiger partial charge in [0.15, 0.2) is 0 Å². The average molecular weight is 294 g/mol. The first-order chi connectivity index (χ1) is 6.24. The first-order valence-electron chi connectivity index (χ1n) is 3.69. The molecule has 0 radical (unpaired) electrons. The maximum Gasteiger partial charge on any atom is 0.0632 e. The lowest BCUT2D eigenvalue weighted by atomic mass is 10.2. The molecule has 0 amide bonds. The second-order valence-corrected chi connectivity index (χ2v) is 5.15. The van der Waals surface area contributed by atoms with Crippen molar-refractivity contribution in [2.45, 2.75) is 10.2 Å². The molecule has 0 saturated carbocycles. The number of alkyl halides is 1. The Bertz CT molecular complexity index is 450. The van der Waals surface area contributed by atoms with E-state index in [1.807, 2.05) is 18.2 Å². The van der Waals surface area contributed by atoms with Crippen molar-refractivity contribution in [1.82, 2.24) is 0 Å². The second kappa shape index (κ2) is 3.81. The fourth-order valence-electron chi connectivity index (χ4n) is 1.21. The molecule has 0 spiro atoms. The van der Waals surface area contributed by atoms with Gasteiger partial charge in [0.05, 0.1) is 5.02 Å². The number of hydrogen-bond acceptors (Lipinski definition) is 2. The fraction of sp³-hybridized carbons (Fsp3) is 0.111. The number of halogens is 2. The zero-order chi connectivity index (χ0) is 9.42. The molecule has 0 aliphatic heterocycles. The highest BCUT2D eigenvalue weighted by molar-refractivity contribution is 9.08. The molecule has 0 aliphatic carbocycles. The zero-order valence-electron chi connectivity index (χ0n) is 6.55. The van der Waals surface area contributed by atoms with Crippen LogP contribution < -0.4 is 0 Å². The molecule has 0 nitrogen and oxygen atoms in total. The molecule has 2 aromatic rings. The highest BCUT2D eigenvalue weighted by Crippen LogP contribution is 2.39. The third-order valence-corrected chi connectivity index (χ3v) is 5.06. The molecule has 0 saturated heterocycles. The van der Waals surface area contributed by atoms with Crippen molar-refractivity contribution in [1.29, 1.82) is 0 Å². The Labute approximate surface area is 99.4 Å². The van der Waals surface area contributed by atoms with E-state index in [0.717, 1.165) is 25.5 Å². The van der Waals surface area contributed by atoms with Gasteiger partial charge in [-0.1, -0.05) is 39.7 Å². The molecular formula is C9H6BrClS2.